The standard InChI is InChI=1S/C19H36N4O5S/c1-5-20-10-7-6-8-16(19(27)28-14(2)3)23-18(26)15(9-11-29-4)22-17(25)12-21-13-24/h13-16,20H,5-12H2,1-4H3,(H,21,24)(H,22,25)(H,23,26). The maximum atomic E-state index is 12.7. The number of amides is 3. The second-order valence-electron chi connectivity index (χ2n) is 6.80. The minimum atomic E-state index is -0.792. The predicted molar refractivity (Wildman–Crippen MR) is 115 cm³/mol. The molecule has 0 bridgehead atoms. The predicted octanol–water partition coefficient (Wildman–Crippen LogP) is 0.187. The minimum Gasteiger partial charge on any atom is -0.461 e. The summed E-state index contributed by atoms with van der Waals surface area (Å²) < 4.78 is 5.28. The number of rotatable bonds is 17. The van der Waals surface area contributed by atoms with Gasteiger partial charge in [-0.15, -0.1) is 0 Å². The quantitative estimate of drug-likeness (QED) is 0.147. The largest absolute Gasteiger partial charge is 0.461 e. The topological polar surface area (TPSA) is 126 Å². The molecule has 0 spiro atoms. The fourth-order valence-electron chi connectivity index (χ4n) is 2.50. The van der Waals surface area contributed by atoms with Crippen LogP contribution in [0.2, 0.25) is 0 Å². The lowest BCUT2D eigenvalue weighted by atomic mass is 10.1. The SMILES string of the molecule is CCNCCCCC(NC(=O)C(CCSC)NC(=O)CNC=O)C(=O)OC(C)C. The second kappa shape index (κ2) is 17.1. The molecule has 0 aliphatic heterocycles. The van der Waals surface area contributed by atoms with E-state index in [0.29, 0.717) is 25.0 Å². The van der Waals surface area contributed by atoms with Crippen molar-refractivity contribution in [3.05, 3.63) is 0 Å². The number of thioether (sulfide) groups is 1. The van der Waals surface area contributed by atoms with Crippen molar-refractivity contribution in [1.29, 1.82) is 0 Å². The highest BCUT2D eigenvalue weighted by Gasteiger charge is 2.27. The van der Waals surface area contributed by atoms with E-state index in [0.717, 1.165) is 25.9 Å². The van der Waals surface area contributed by atoms with E-state index in [9.17, 15) is 19.2 Å². The van der Waals surface area contributed by atoms with Crippen molar-refractivity contribution in [1.82, 2.24) is 21.3 Å². The van der Waals surface area contributed by atoms with Crippen LogP contribution in [0.5, 0.6) is 0 Å². The van der Waals surface area contributed by atoms with Crippen LogP contribution in [0, 0.1) is 0 Å². The molecule has 2 unspecified atom stereocenters. The molecule has 4 N–H and O–H groups in total. The monoisotopic (exact) mass is 432 g/mol. The van der Waals surface area contributed by atoms with Gasteiger partial charge in [0.05, 0.1) is 12.6 Å². The van der Waals surface area contributed by atoms with Crippen LogP contribution < -0.4 is 21.3 Å². The molecule has 0 saturated heterocycles. The summed E-state index contributed by atoms with van der Waals surface area (Å²) in [5, 5.41) is 10.8. The summed E-state index contributed by atoms with van der Waals surface area (Å²) in [6.07, 6.45) is 4.52. The van der Waals surface area contributed by atoms with Crippen molar-refractivity contribution in [2.45, 2.75) is 64.6 Å². The van der Waals surface area contributed by atoms with Crippen LogP contribution in [0.4, 0.5) is 0 Å². The molecule has 3 amide bonds. The molecule has 10 heteroatoms. The zero-order valence-electron chi connectivity index (χ0n) is 17.9. The summed E-state index contributed by atoms with van der Waals surface area (Å²) in [4.78, 5) is 47.4. The lowest BCUT2D eigenvalue weighted by molar-refractivity contribution is -0.152. The van der Waals surface area contributed by atoms with E-state index < -0.39 is 29.9 Å². The fraction of sp³-hybridized carbons (Fsp3) is 0.789. The van der Waals surface area contributed by atoms with Gasteiger partial charge in [0.15, 0.2) is 0 Å². The molecule has 0 rings (SSSR count). The molecular weight excluding hydrogens is 396 g/mol. The van der Waals surface area contributed by atoms with Gasteiger partial charge in [0.2, 0.25) is 18.2 Å². The Hall–Kier alpha value is -1.81. The maximum absolute atomic E-state index is 12.7. The Kier molecular flexibility index (Phi) is 16.0. The zero-order chi connectivity index (χ0) is 22.1. The fourth-order valence-corrected chi connectivity index (χ4v) is 2.97. The first-order chi connectivity index (χ1) is 13.8. The molecular formula is C19H36N4O5S. The van der Waals surface area contributed by atoms with Crippen LogP contribution in [0.15, 0.2) is 0 Å². The molecule has 0 aliphatic rings. The van der Waals surface area contributed by atoms with Gasteiger partial charge in [0, 0.05) is 0 Å². The Bertz CT molecular complexity index is 505. The number of unbranched alkanes of at least 4 members (excludes halogenated alkanes) is 1. The van der Waals surface area contributed by atoms with E-state index in [2.05, 4.69) is 21.3 Å². The summed E-state index contributed by atoms with van der Waals surface area (Å²) in [7, 11) is 0. The lowest BCUT2D eigenvalue weighted by Gasteiger charge is -2.23. The van der Waals surface area contributed by atoms with E-state index in [1.807, 2.05) is 13.2 Å². The Morgan fingerprint density at radius 3 is 2.38 bits per heavy atom. The second-order valence-corrected chi connectivity index (χ2v) is 7.78. The van der Waals surface area contributed by atoms with E-state index in [1.165, 1.54) is 0 Å². The average molecular weight is 433 g/mol. The zero-order valence-corrected chi connectivity index (χ0v) is 18.7. The summed E-state index contributed by atoms with van der Waals surface area (Å²) in [5.41, 5.74) is 0. The molecule has 29 heavy (non-hydrogen) atoms. The van der Waals surface area contributed by atoms with E-state index in [-0.39, 0.29) is 12.6 Å². The third-order valence-corrected chi connectivity index (χ3v) is 4.55. The van der Waals surface area contributed by atoms with Crippen LogP contribution in [0.1, 0.15) is 46.5 Å². The van der Waals surface area contributed by atoms with Gasteiger partial charge in [0.1, 0.15) is 12.1 Å². The normalized spacial score (nSPS) is 12.7. The lowest BCUT2D eigenvalue weighted by Crippen LogP contribution is -2.53. The molecule has 0 aliphatic carbocycles. The van der Waals surface area contributed by atoms with Crippen LogP contribution >= 0.6 is 11.8 Å². The molecule has 0 aromatic rings. The molecule has 0 heterocycles. The number of nitrogens with one attached hydrogen (secondary N) is 4. The van der Waals surface area contributed by atoms with Crippen molar-refractivity contribution in [2.24, 2.45) is 0 Å². The van der Waals surface area contributed by atoms with Crippen LogP contribution in [-0.4, -0.2) is 74.0 Å². The minimum absolute atomic E-state index is 0.213. The van der Waals surface area contributed by atoms with Crippen molar-refractivity contribution in [3.63, 3.8) is 0 Å². The van der Waals surface area contributed by atoms with Gasteiger partial charge >= 0.3 is 5.97 Å². The molecule has 0 fully saturated rings. The number of esters is 1. The van der Waals surface area contributed by atoms with Crippen molar-refractivity contribution in [2.75, 3.05) is 31.6 Å². The van der Waals surface area contributed by atoms with E-state index >= 15 is 0 Å². The van der Waals surface area contributed by atoms with Gasteiger partial charge < -0.3 is 26.0 Å². The van der Waals surface area contributed by atoms with Crippen molar-refractivity contribution in [3.8, 4) is 0 Å². The molecule has 0 saturated carbocycles. The maximum Gasteiger partial charge on any atom is 0.328 e. The number of carbonyl (C=O) groups is 4. The van der Waals surface area contributed by atoms with Crippen molar-refractivity contribution < 1.29 is 23.9 Å². The van der Waals surface area contributed by atoms with Gasteiger partial charge in [0.25, 0.3) is 0 Å². The molecule has 9 nitrogen and oxygen atoms in total. The van der Waals surface area contributed by atoms with E-state index in [4.69, 9.17) is 4.74 Å². The highest BCUT2D eigenvalue weighted by Crippen LogP contribution is 2.07. The third kappa shape index (κ3) is 13.9. The smallest absolute Gasteiger partial charge is 0.328 e. The van der Waals surface area contributed by atoms with Crippen LogP contribution in [0.25, 0.3) is 0 Å². The number of hydrogen-bond donors (Lipinski definition) is 4. The highest BCUT2D eigenvalue weighted by atomic mass is 32.2. The summed E-state index contributed by atoms with van der Waals surface area (Å²) in [5.74, 6) is -0.723. The Balaban J connectivity index is 4.97. The number of carbonyl (C=O) groups excluding carboxylic acids is 4. The van der Waals surface area contributed by atoms with Gasteiger partial charge in [-0.25, -0.2) is 4.79 Å². The molecule has 0 aromatic heterocycles. The van der Waals surface area contributed by atoms with Gasteiger partial charge in [-0.05, 0) is 64.6 Å². The summed E-state index contributed by atoms with van der Waals surface area (Å²) in [6.45, 7) is 7.04. The summed E-state index contributed by atoms with van der Waals surface area (Å²) in [6, 6.07) is -1.56. The van der Waals surface area contributed by atoms with Crippen LogP contribution in [0.3, 0.4) is 0 Å². The van der Waals surface area contributed by atoms with Gasteiger partial charge in [-0.3, -0.25) is 14.4 Å². The Morgan fingerprint density at radius 1 is 1.07 bits per heavy atom. The molecule has 0 radical (unpaired) electrons. The number of hydrogen-bond acceptors (Lipinski definition) is 7. The average Bonchev–Trinajstić information content (AvgIpc) is 2.67. The van der Waals surface area contributed by atoms with E-state index in [1.54, 1.807) is 25.6 Å². The Labute approximate surface area is 177 Å². The Morgan fingerprint density at radius 2 is 1.79 bits per heavy atom. The molecule has 0 aromatic carbocycles. The third-order valence-electron chi connectivity index (χ3n) is 3.91. The first kappa shape index (κ1) is 27.2. The molecule has 168 valence electrons. The molecule has 2 atom stereocenters. The van der Waals surface area contributed by atoms with Gasteiger partial charge in [-0.2, -0.15) is 11.8 Å². The first-order valence-corrected chi connectivity index (χ1v) is 11.4. The number of ether oxygens (including phenoxy) is 1. The first-order valence-electron chi connectivity index (χ1n) is 10.0. The van der Waals surface area contributed by atoms with Crippen LogP contribution in [-0.2, 0) is 23.9 Å². The highest BCUT2D eigenvalue weighted by molar-refractivity contribution is 7.98. The van der Waals surface area contributed by atoms with Crippen molar-refractivity contribution >= 4 is 36.0 Å². The summed E-state index contributed by atoms with van der Waals surface area (Å²) >= 11 is 1.55. The van der Waals surface area contributed by atoms with Gasteiger partial charge in [-0.1, -0.05) is 6.92 Å².